The van der Waals surface area contributed by atoms with Crippen molar-refractivity contribution in [2.45, 2.75) is 50.2 Å². The highest BCUT2D eigenvalue weighted by molar-refractivity contribution is 6.42. The second-order valence-corrected chi connectivity index (χ2v) is 7.26. The molecule has 7 heteroatoms. The van der Waals surface area contributed by atoms with E-state index in [2.05, 4.69) is 5.32 Å². The number of ether oxygens (including phenoxy) is 1. The van der Waals surface area contributed by atoms with Crippen LogP contribution in [0.25, 0.3) is 0 Å². The van der Waals surface area contributed by atoms with Gasteiger partial charge in [-0.15, -0.1) is 12.4 Å². The number of nitrogens with zero attached hydrogens (tertiary/aromatic N) is 1. The van der Waals surface area contributed by atoms with Gasteiger partial charge in [-0.05, 0) is 37.8 Å². The highest BCUT2D eigenvalue weighted by Gasteiger charge is 2.36. The van der Waals surface area contributed by atoms with Gasteiger partial charge in [0, 0.05) is 31.2 Å². The molecule has 2 atom stereocenters. The topological polar surface area (TPSA) is 41.6 Å². The molecule has 1 aromatic carbocycles. The van der Waals surface area contributed by atoms with E-state index in [9.17, 15) is 4.79 Å². The van der Waals surface area contributed by atoms with Crippen LogP contribution < -0.4 is 10.1 Å². The number of hydrogen-bond donors (Lipinski definition) is 1. The standard InChI is InChI=1S/C17H22Cl2N2O2.ClH/c1-21(13-8-11-2-3-12(9-13)20-11)17(22)6-7-23-14-4-5-15(18)16(19)10-14;/h4-5,10-13,20H,2-3,6-9H2,1H3;1H. The summed E-state index contributed by atoms with van der Waals surface area (Å²) < 4.78 is 5.60. The van der Waals surface area contributed by atoms with Crippen LogP contribution in [0.3, 0.4) is 0 Å². The van der Waals surface area contributed by atoms with Crippen LogP contribution in [0.1, 0.15) is 32.1 Å². The third-order valence-electron chi connectivity index (χ3n) is 4.87. The summed E-state index contributed by atoms with van der Waals surface area (Å²) in [6.07, 6.45) is 4.97. The number of piperidine rings is 1. The number of benzene rings is 1. The van der Waals surface area contributed by atoms with Crippen molar-refractivity contribution in [1.29, 1.82) is 0 Å². The Kier molecular flexibility index (Phi) is 7.05. The molecular weight excluding hydrogens is 371 g/mol. The van der Waals surface area contributed by atoms with Crippen LogP contribution in [-0.2, 0) is 4.79 Å². The first-order chi connectivity index (χ1) is 11.0. The van der Waals surface area contributed by atoms with Crippen molar-refractivity contribution in [3.05, 3.63) is 28.2 Å². The van der Waals surface area contributed by atoms with Crippen LogP contribution >= 0.6 is 35.6 Å². The number of fused-ring (bicyclic) bond motifs is 2. The van der Waals surface area contributed by atoms with Gasteiger partial charge in [0.2, 0.25) is 5.91 Å². The molecule has 4 nitrogen and oxygen atoms in total. The Morgan fingerprint density at radius 2 is 1.92 bits per heavy atom. The molecule has 2 unspecified atom stereocenters. The maximum Gasteiger partial charge on any atom is 0.225 e. The third-order valence-corrected chi connectivity index (χ3v) is 5.60. The molecule has 1 N–H and O–H groups in total. The van der Waals surface area contributed by atoms with Gasteiger partial charge >= 0.3 is 0 Å². The van der Waals surface area contributed by atoms with Gasteiger partial charge in [0.25, 0.3) is 0 Å². The second kappa shape index (κ2) is 8.61. The molecule has 2 aliphatic rings. The summed E-state index contributed by atoms with van der Waals surface area (Å²) in [6, 6.07) is 6.64. The fourth-order valence-corrected chi connectivity index (χ4v) is 3.83. The average Bonchev–Trinajstić information content (AvgIpc) is 2.88. The summed E-state index contributed by atoms with van der Waals surface area (Å²) in [5.41, 5.74) is 0. The van der Waals surface area contributed by atoms with Crippen LogP contribution in [0.2, 0.25) is 10.0 Å². The Labute approximate surface area is 159 Å². The fraction of sp³-hybridized carbons (Fsp3) is 0.588. The minimum Gasteiger partial charge on any atom is -0.493 e. The van der Waals surface area contributed by atoms with Crippen molar-refractivity contribution in [1.82, 2.24) is 10.2 Å². The lowest BCUT2D eigenvalue weighted by Gasteiger charge is -2.35. The summed E-state index contributed by atoms with van der Waals surface area (Å²) in [4.78, 5) is 14.3. The van der Waals surface area contributed by atoms with Crippen LogP contribution in [-0.4, -0.2) is 42.6 Å². The van der Waals surface area contributed by atoms with E-state index in [-0.39, 0.29) is 18.3 Å². The lowest BCUT2D eigenvalue weighted by Crippen LogP contribution is -2.48. The van der Waals surface area contributed by atoms with Crippen LogP contribution in [0.5, 0.6) is 5.75 Å². The van der Waals surface area contributed by atoms with Gasteiger partial charge in [0.15, 0.2) is 0 Å². The van der Waals surface area contributed by atoms with Gasteiger partial charge in [-0.25, -0.2) is 0 Å². The average molecular weight is 394 g/mol. The zero-order valence-corrected chi connectivity index (χ0v) is 16.0. The van der Waals surface area contributed by atoms with E-state index in [1.54, 1.807) is 18.2 Å². The highest BCUT2D eigenvalue weighted by Crippen LogP contribution is 2.29. The van der Waals surface area contributed by atoms with E-state index in [1.165, 1.54) is 12.8 Å². The molecule has 2 aliphatic heterocycles. The predicted molar refractivity (Wildman–Crippen MR) is 99.6 cm³/mol. The van der Waals surface area contributed by atoms with Crippen molar-refractivity contribution in [2.75, 3.05) is 13.7 Å². The molecule has 2 fully saturated rings. The predicted octanol–water partition coefficient (Wildman–Crippen LogP) is 3.93. The lowest BCUT2D eigenvalue weighted by atomic mass is 9.98. The van der Waals surface area contributed by atoms with Gasteiger partial charge in [-0.2, -0.15) is 0 Å². The van der Waals surface area contributed by atoms with E-state index in [1.807, 2.05) is 11.9 Å². The molecule has 0 spiro atoms. The Balaban J connectivity index is 0.00000208. The molecule has 24 heavy (non-hydrogen) atoms. The second-order valence-electron chi connectivity index (χ2n) is 6.44. The van der Waals surface area contributed by atoms with E-state index in [0.29, 0.717) is 46.9 Å². The smallest absolute Gasteiger partial charge is 0.225 e. The maximum absolute atomic E-state index is 12.4. The summed E-state index contributed by atoms with van der Waals surface area (Å²) in [6.45, 7) is 0.346. The minimum atomic E-state index is 0. The minimum absolute atomic E-state index is 0. The normalized spacial score (nSPS) is 25.0. The number of halogens is 3. The number of amides is 1. The monoisotopic (exact) mass is 392 g/mol. The number of carbonyl (C=O) groups is 1. The first-order valence-electron chi connectivity index (χ1n) is 8.12. The van der Waals surface area contributed by atoms with Gasteiger partial charge in [-0.3, -0.25) is 4.79 Å². The first kappa shape index (κ1) is 19.6. The Hall–Kier alpha value is -0.680. The number of hydrogen-bond acceptors (Lipinski definition) is 3. The zero-order valence-electron chi connectivity index (χ0n) is 13.6. The molecule has 3 rings (SSSR count). The Morgan fingerprint density at radius 3 is 2.54 bits per heavy atom. The molecule has 2 bridgehead atoms. The quantitative estimate of drug-likeness (QED) is 0.824. The summed E-state index contributed by atoms with van der Waals surface area (Å²) in [5, 5.41) is 4.55. The third kappa shape index (κ3) is 4.69. The number of carbonyl (C=O) groups excluding carboxylic acids is 1. The maximum atomic E-state index is 12.4. The van der Waals surface area contributed by atoms with Gasteiger partial charge in [-0.1, -0.05) is 23.2 Å². The van der Waals surface area contributed by atoms with Gasteiger partial charge < -0.3 is 15.0 Å². The molecule has 1 amide bonds. The largest absolute Gasteiger partial charge is 0.493 e. The van der Waals surface area contributed by atoms with E-state index in [4.69, 9.17) is 27.9 Å². The van der Waals surface area contributed by atoms with Crippen LogP contribution in [0.4, 0.5) is 0 Å². The van der Waals surface area contributed by atoms with E-state index in [0.717, 1.165) is 12.8 Å². The van der Waals surface area contributed by atoms with Crippen LogP contribution in [0, 0.1) is 0 Å². The Bertz CT molecular complexity index is 573. The van der Waals surface area contributed by atoms with Gasteiger partial charge in [0.05, 0.1) is 23.1 Å². The van der Waals surface area contributed by atoms with E-state index >= 15 is 0 Å². The Morgan fingerprint density at radius 1 is 1.25 bits per heavy atom. The molecule has 2 heterocycles. The molecule has 2 saturated heterocycles. The molecule has 1 aromatic rings. The van der Waals surface area contributed by atoms with Crippen molar-refractivity contribution < 1.29 is 9.53 Å². The van der Waals surface area contributed by atoms with Crippen molar-refractivity contribution in [3.8, 4) is 5.75 Å². The lowest BCUT2D eigenvalue weighted by molar-refractivity contribution is -0.133. The number of nitrogens with one attached hydrogen (secondary N) is 1. The molecular formula is C17H23Cl3N2O2. The highest BCUT2D eigenvalue weighted by atomic mass is 35.5. The van der Waals surface area contributed by atoms with Crippen molar-refractivity contribution >= 4 is 41.5 Å². The molecule has 0 aromatic heterocycles. The molecule has 0 radical (unpaired) electrons. The molecule has 134 valence electrons. The van der Waals surface area contributed by atoms with Crippen molar-refractivity contribution in [3.63, 3.8) is 0 Å². The zero-order chi connectivity index (χ0) is 16.4. The fourth-order valence-electron chi connectivity index (χ4n) is 3.55. The first-order valence-corrected chi connectivity index (χ1v) is 8.88. The molecule has 0 saturated carbocycles. The molecule has 0 aliphatic carbocycles. The summed E-state index contributed by atoms with van der Waals surface area (Å²) >= 11 is 11.8. The summed E-state index contributed by atoms with van der Waals surface area (Å²) in [7, 11) is 1.91. The van der Waals surface area contributed by atoms with Crippen molar-refractivity contribution in [2.24, 2.45) is 0 Å². The number of rotatable bonds is 5. The van der Waals surface area contributed by atoms with E-state index < -0.39 is 0 Å². The SMILES string of the molecule is CN(C(=O)CCOc1ccc(Cl)c(Cl)c1)C1CC2CCC(C1)N2.Cl. The summed E-state index contributed by atoms with van der Waals surface area (Å²) in [5.74, 6) is 0.770. The van der Waals surface area contributed by atoms with Crippen LogP contribution in [0.15, 0.2) is 18.2 Å². The van der Waals surface area contributed by atoms with Gasteiger partial charge in [0.1, 0.15) is 5.75 Å².